The second-order valence-corrected chi connectivity index (χ2v) is 8.70. The van der Waals surface area contributed by atoms with Gasteiger partial charge in [0.2, 0.25) is 5.91 Å². The number of amides is 1. The fraction of sp³-hybridized carbons (Fsp3) is 0.800. The largest absolute Gasteiger partial charge is 0.361 e. The fourth-order valence-corrected chi connectivity index (χ4v) is 5.02. The van der Waals surface area contributed by atoms with Crippen molar-refractivity contribution in [1.82, 2.24) is 20.3 Å². The van der Waals surface area contributed by atoms with Gasteiger partial charge < -0.3 is 14.7 Å². The summed E-state index contributed by atoms with van der Waals surface area (Å²) in [5.41, 5.74) is 1.85. The number of aryl methyl sites for hydroxylation is 2. The van der Waals surface area contributed by atoms with Crippen LogP contribution in [0.1, 0.15) is 49.1 Å². The normalized spacial score (nSPS) is 30.2. The number of nitrogens with one attached hydrogen (secondary N) is 1. The summed E-state index contributed by atoms with van der Waals surface area (Å²) in [5, 5.41) is 7.35. The number of hydrogen-bond acceptors (Lipinski definition) is 5. The molecule has 2 aliphatic heterocycles. The van der Waals surface area contributed by atoms with Crippen LogP contribution in [0.2, 0.25) is 0 Å². The van der Waals surface area contributed by atoms with Crippen molar-refractivity contribution in [3.05, 3.63) is 17.0 Å². The van der Waals surface area contributed by atoms with Gasteiger partial charge in [-0.3, -0.25) is 9.69 Å². The average Bonchev–Trinajstić information content (AvgIpc) is 3.32. The third-order valence-electron chi connectivity index (χ3n) is 6.81. The predicted molar refractivity (Wildman–Crippen MR) is 100.0 cm³/mol. The number of piperidine rings is 1. The van der Waals surface area contributed by atoms with Gasteiger partial charge in [0.05, 0.1) is 17.7 Å². The molecule has 0 aromatic carbocycles. The molecule has 1 saturated carbocycles. The Labute approximate surface area is 156 Å². The van der Waals surface area contributed by atoms with E-state index < -0.39 is 0 Å². The molecule has 1 N–H and O–H groups in total. The summed E-state index contributed by atoms with van der Waals surface area (Å²) in [6, 6.07) is 0.238. The van der Waals surface area contributed by atoms with Gasteiger partial charge in [-0.05, 0) is 65.5 Å². The minimum Gasteiger partial charge on any atom is -0.361 e. The molecule has 0 radical (unpaired) electrons. The van der Waals surface area contributed by atoms with Crippen LogP contribution >= 0.6 is 0 Å². The molecule has 6 nitrogen and oxygen atoms in total. The molecule has 4 rings (SSSR count). The highest BCUT2D eigenvalue weighted by atomic mass is 16.5. The van der Waals surface area contributed by atoms with Crippen molar-refractivity contribution in [3.8, 4) is 0 Å². The van der Waals surface area contributed by atoms with Gasteiger partial charge in [-0.25, -0.2) is 0 Å². The monoisotopic (exact) mass is 360 g/mol. The summed E-state index contributed by atoms with van der Waals surface area (Å²) in [7, 11) is 2.24. The number of carbonyl (C=O) groups excluding carboxylic acids is 1. The zero-order valence-electron chi connectivity index (χ0n) is 16.4. The predicted octanol–water partition coefficient (Wildman–Crippen LogP) is 1.90. The SMILES string of the molecule is Cc1noc(C)c1CC(=O)NC1CCN(C)C12CCCN(CC1CC1)C2. The summed E-state index contributed by atoms with van der Waals surface area (Å²) >= 11 is 0. The summed E-state index contributed by atoms with van der Waals surface area (Å²) in [4.78, 5) is 17.9. The zero-order chi connectivity index (χ0) is 18.3. The van der Waals surface area contributed by atoms with Gasteiger partial charge in [0.1, 0.15) is 5.76 Å². The van der Waals surface area contributed by atoms with Gasteiger partial charge in [0, 0.05) is 31.2 Å². The number of aromatic nitrogens is 1. The van der Waals surface area contributed by atoms with E-state index in [1.807, 2.05) is 13.8 Å². The molecule has 1 amide bonds. The lowest BCUT2D eigenvalue weighted by Crippen LogP contribution is -2.63. The van der Waals surface area contributed by atoms with Crippen LogP contribution in [0, 0.1) is 19.8 Å². The van der Waals surface area contributed by atoms with Crippen LogP contribution in [0.5, 0.6) is 0 Å². The summed E-state index contributed by atoms with van der Waals surface area (Å²) < 4.78 is 5.21. The third-order valence-corrected chi connectivity index (χ3v) is 6.81. The van der Waals surface area contributed by atoms with E-state index in [2.05, 4.69) is 27.3 Å². The van der Waals surface area contributed by atoms with Crippen LogP contribution in [0.25, 0.3) is 0 Å². The quantitative estimate of drug-likeness (QED) is 0.869. The summed E-state index contributed by atoms with van der Waals surface area (Å²) in [6.45, 7) is 8.40. The first-order chi connectivity index (χ1) is 12.5. The second kappa shape index (κ2) is 6.97. The smallest absolute Gasteiger partial charge is 0.224 e. The molecule has 3 heterocycles. The fourth-order valence-electron chi connectivity index (χ4n) is 5.02. The van der Waals surface area contributed by atoms with Crippen LogP contribution in [0.15, 0.2) is 4.52 Å². The Morgan fingerprint density at radius 1 is 1.31 bits per heavy atom. The van der Waals surface area contributed by atoms with E-state index in [9.17, 15) is 4.79 Å². The summed E-state index contributed by atoms with van der Waals surface area (Å²) in [5.74, 6) is 1.77. The van der Waals surface area contributed by atoms with E-state index in [4.69, 9.17) is 4.52 Å². The molecule has 1 aromatic rings. The maximum atomic E-state index is 12.8. The first-order valence-corrected chi connectivity index (χ1v) is 10.1. The Kier molecular flexibility index (Phi) is 4.82. The van der Waals surface area contributed by atoms with Gasteiger partial charge in [-0.1, -0.05) is 5.16 Å². The van der Waals surface area contributed by atoms with Crippen molar-refractivity contribution in [3.63, 3.8) is 0 Å². The Bertz CT molecular complexity index is 649. The maximum absolute atomic E-state index is 12.8. The molecule has 1 aromatic heterocycles. The number of rotatable bonds is 5. The zero-order valence-corrected chi connectivity index (χ0v) is 16.4. The molecule has 144 valence electrons. The van der Waals surface area contributed by atoms with E-state index in [0.29, 0.717) is 6.42 Å². The highest BCUT2D eigenvalue weighted by Gasteiger charge is 2.50. The Morgan fingerprint density at radius 3 is 2.81 bits per heavy atom. The molecule has 2 saturated heterocycles. The first kappa shape index (κ1) is 18.0. The van der Waals surface area contributed by atoms with Gasteiger partial charge in [-0.2, -0.15) is 0 Å². The number of carbonyl (C=O) groups is 1. The molecular weight excluding hydrogens is 328 g/mol. The highest BCUT2D eigenvalue weighted by molar-refractivity contribution is 5.79. The Balaban J connectivity index is 1.43. The van der Waals surface area contributed by atoms with Crippen LogP contribution < -0.4 is 5.32 Å². The molecule has 3 fully saturated rings. The van der Waals surface area contributed by atoms with Crippen LogP contribution in [0.4, 0.5) is 0 Å². The number of likely N-dealkylation sites (tertiary alicyclic amines) is 2. The van der Waals surface area contributed by atoms with E-state index in [-0.39, 0.29) is 17.5 Å². The lowest BCUT2D eigenvalue weighted by atomic mass is 9.82. The topological polar surface area (TPSA) is 61.6 Å². The molecule has 2 unspecified atom stereocenters. The lowest BCUT2D eigenvalue weighted by Gasteiger charge is -2.48. The molecule has 3 aliphatic rings. The summed E-state index contributed by atoms with van der Waals surface area (Å²) in [6.07, 6.45) is 6.62. The molecule has 6 heteroatoms. The molecular formula is C20H32N4O2. The maximum Gasteiger partial charge on any atom is 0.224 e. The molecule has 2 atom stereocenters. The number of likely N-dealkylation sites (N-methyl/N-ethyl adjacent to an activating group) is 1. The molecule has 0 bridgehead atoms. The number of nitrogens with zero attached hydrogens (tertiary/aromatic N) is 3. The standard InChI is InChI=1S/C20H32N4O2/c1-14-17(15(2)26-22-14)11-19(25)21-18-7-10-23(3)20(18)8-4-9-24(13-20)12-16-5-6-16/h16,18H,4-13H2,1-3H3,(H,21,25). The van der Waals surface area contributed by atoms with Crippen molar-refractivity contribution >= 4 is 5.91 Å². The van der Waals surface area contributed by atoms with Crippen molar-refractivity contribution in [1.29, 1.82) is 0 Å². The van der Waals surface area contributed by atoms with Crippen molar-refractivity contribution in [2.75, 3.05) is 33.2 Å². The first-order valence-electron chi connectivity index (χ1n) is 10.1. The van der Waals surface area contributed by atoms with Crippen LogP contribution in [0.3, 0.4) is 0 Å². The van der Waals surface area contributed by atoms with Gasteiger partial charge >= 0.3 is 0 Å². The van der Waals surface area contributed by atoms with Crippen molar-refractivity contribution in [2.24, 2.45) is 5.92 Å². The van der Waals surface area contributed by atoms with Crippen molar-refractivity contribution in [2.45, 2.75) is 64.0 Å². The van der Waals surface area contributed by atoms with Gasteiger partial charge in [-0.15, -0.1) is 0 Å². The third kappa shape index (κ3) is 3.41. The van der Waals surface area contributed by atoms with E-state index in [1.165, 1.54) is 38.8 Å². The van der Waals surface area contributed by atoms with E-state index in [0.717, 1.165) is 42.4 Å². The minimum atomic E-state index is 0.0957. The molecule has 1 spiro atoms. The lowest BCUT2D eigenvalue weighted by molar-refractivity contribution is -0.122. The van der Waals surface area contributed by atoms with Gasteiger partial charge in [0.25, 0.3) is 0 Å². The average molecular weight is 361 g/mol. The molecule has 1 aliphatic carbocycles. The number of hydrogen-bond donors (Lipinski definition) is 1. The Morgan fingerprint density at radius 2 is 2.12 bits per heavy atom. The van der Waals surface area contributed by atoms with Crippen LogP contribution in [-0.4, -0.2) is 65.7 Å². The Hall–Kier alpha value is -1.40. The van der Waals surface area contributed by atoms with Crippen molar-refractivity contribution < 1.29 is 9.32 Å². The van der Waals surface area contributed by atoms with Crippen LogP contribution in [-0.2, 0) is 11.2 Å². The molecule has 26 heavy (non-hydrogen) atoms. The van der Waals surface area contributed by atoms with Gasteiger partial charge in [0.15, 0.2) is 0 Å². The second-order valence-electron chi connectivity index (χ2n) is 8.70. The highest BCUT2D eigenvalue weighted by Crippen LogP contribution is 2.38. The minimum absolute atomic E-state index is 0.0957. The van der Waals surface area contributed by atoms with E-state index in [1.54, 1.807) is 0 Å². The van der Waals surface area contributed by atoms with E-state index >= 15 is 0 Å².